The minimum Gasteiger partial charge on any atom is -0.508 e. The van der Waals surface area contributed by atoms with Gasteiger partial charge in [-0.05, 0) is 37.1 Å². The molecule has 7 nitrogen and oxygen atoms in total. The van der Waals surface area contributed by atoms with Crippen LogP contribution in [-0.2, 0) is 6.42 Å². The predicted molar refractivity (Wildman–Crippen MR) is 127 cm³/mol. The number of nitrogens with zero attached hydrogens (tertiary/aromatic N) is 2. The lowest BCUT2D eigenvalue weighted by molar-refractivity contribution is 0.0991. The smallest absolute Gasteiger partial charge is 0.257 e. The maximum Gasteiger partial charge on any atom is 0.257 e. The Balaban J connectivity index is 1.50. The minimum atomic E-state index is -0.488. The van der Waals surface area contributed by atoms with E-state index in [1.807, 2.05) is 4.90 Å². The fourth-order valence-electron chi connectivity index (χ4n) is 3.81. The Kier molecular flexibility index (Phi) is 6.70. The second kappa shape index (κ2) is 9.83. The molecule has 2 aromatic carbocycles. The Hall–Kier alpha value is -3.71. The average Bonchev–Trinajstić information content (AvgIpc) is 3.36. The summed E-state index contributed by atoms with van der Waals surface area (Å²) in [5.41, 5.74) is 1.63. The van der Waals surface area contributed by atoms with Crippen molar-refractivity contribution in [3.05, 3.63) is 88.1 Å². The van der Waals surface area contributed by atoms with Crippen molar-refractivity contribution in [2.75, 3.05) is 18.4 Å². The lowest BCUT2D eigenvalue weighted by atomic mass is 9.96. The molecule has 0 unspecified atom stereocenters. The van der Waals surface area contributed by atoms with E-state index in [1.165, 1.54) is 12.3 Å². The maximum atomic E-state index is 12.9. The number of halogens is 1. The number of likely N-dealkylation sites (tertiary alicyclic amines) is 1. The number of nitrogens with one attached hydrogen (secondary N) is 2. The van der Waals surface area contributed by atoms with Gasteiger partial charge in [-0.3, -0.25) is 15.0 Å². The van der Waals surface area contributed by atoms with Gasteiger partial charge in [0.05, 0.1) is 5.02 Å². The van der Waals surface area contributed by atoms with Crippen molar-refractivity contribution < 1.29 is 14.7 Å². The van der Waals surface area contributed by atoms with Crippen molar-refractivity contribution in [3.63, 3.8) is 0 Å². The number of aromatic nitrogens is 1. The molecule has 8 heteroatoms. The zero-order valence-corrected chi connectivity index (χ0v) is 18.6. The highest BCUT2D eigenvalue weighted by Gasteiger charge is 2.20. The molecule has 0 radical (unpaired) electrons. The molecule has 2 heterocycles. The number of hydrogen-bond acceptors (Lipinski definition) is 5. The van der Waals surface area contributed by atoms with E-state index in [4.69, 9.17) is 17.0 Å². The normalized spacial score (nSPS) is 13.1. The van der Waals surface area contributed by atoms with Crippen molar-refractivity contribution >= 4 is 34.9 Å². The van der Waals surface area contributed by atoms with Crippen LogP contribution in [0, 0.1) is 5.41 Å². The highest BCUT2D eigenvalue weighted by Crippen LogP contribution is 2.24. The van der Waals surface area contributed by atoms with Crippen LogP contribution in [0.25, 0.3) is 0 Å². The number of phenols is 1. The van der Waals surface area contributed by atoms with Gasteiger partial charge in [0.1, 0.15) is 17.4 Å². The van der Waals surface area contributed by atoms with E-state index in [-0.39, 0.29) is 29.1 Å². The summed E-state index contributed by atoms with van der Waals surface area (Å²) in [6.45, 7) is 1.76. The zero-order chi connectivity index (χ0) is 23.4. The van der Waals surface area contributed by atoms with E-state index in [0.29, 0.717) is 22.2 Å². The third-order valence-corrected chi connectivity index (χ3v) is 5.83. The molecule has 168 valence electrons. The summed E-state index contributed by atoms with van der Waals surface area (Å²) >= 11 is 5.83. The minimum absolute atomic E-state index is 0.132. The summed E-state index contributed by atoms with van der Waals surface area (Å²) in [5, 5.41) is 21.8. The van der Waals surface area contributed by atoms with Gasteiger partial charge in [-0.15, -0.1) is 0 Å². The molecule has 0 aliphatic carbocycles. The summed E-state index contributed by atoms with van der Waals surface area (Å²) in [4.78, 5) is 31.8. The number of ketones is 1. The first-order valence-corrected chi connectivity index (χ1v) is 11.0. The number of carbonyl (C=O) groups excluding carboxylic acids is 2. The Morgan fingerprint density at radius 3 is 2.39 bits per heavy atom. The van der Waals surface area contributed by atoms with E-state index in [2.05, 4.69) is 10.3 Å². The number of benzene rings is 2. The molecular formula is C25H23ClN4O3. The summed E-state index contributed by atoms with van der Waals surface area (Å²) in [5.74, 6) is -0.0946. The van der Waals surface area contributed by atoms with Crippen LogP contribution in [0.5, 0.6) is 5.75 Å². The molecule has 1 amide bonds. The third kappa shape index (κ3) is 5.21. The Bertz CT molecular complexity index is 1190. The molecule has 1 saturated heterocycles. The van der Waals surface area contributed by atoms with E-state index < -0.39 is 5.91 Å². The highest BCUT2D eigenvalue weighted by molar-refractivity contribution is 6.30. The lowest BCUT2D eigenvalue weighted by Gasteiger charge is -2.18. The zero-order valence-electron chi connectivity index (χ0n) is 17.8. The maximum absolute atomic E-state index is 12.9. The molecule has 3 N–H and O–H groups in total. The number of anilines is 1. The second-order valence-corrected chi connectivity index (χ2v) is 8.28. The van der Waals surface area contributed by atoms with Gasteiger partial charge in [0.2, 0.25) is 0 Å². The molecule has 0 saturated carbocycles. The molecule has 1 aliphatic rings. The number of phenolic OH excluding ortho intramolecular Hbond substituents is 1. The number of amides is 1. The van der Waals surface area contributed by atoms with Crippen molar-refractivity contribution in [1.82, 2.24) is 9.88 Å². The van der Waals surface area contributed by atoms with Crippen molar-refractivity contribution in [2.24, 2.45) is 0 Å². The Morgan fingerprint density at radius 2 is 1.73 bits per heavy atom. The summed E-state index contributed by atoms with van der Waals surface area (Å²) in [6.07, 6.45) is 3.44. The van der Waals surface area contributed by atoms with Crippen LogP contribution in [0.15, 0.2) is 60.8 Å². The van der Waals surface area contributed by atoms with Crippen LogP contribution in [0.2, 0.25) is 5.02 Å². The van der Waals surface area contributed by atoms with Crippen LogP contribution < -0.4 is 5.32 Å². The number of rotatable bonds is 6. The fraction of sp³-hybridized carbons (Fsp3) is 0.200. The van der Waals surface area contributed by atoms with Crippen LogP contribution in [-0.4, -0.2) is 45.6 Å². The van der Waals surface area contributed by atoms with Crippen molar-refractivity contribution in [3.8, 4) is 5.75 Å². The van der Waals surface area contributed by atoms with Gasteiger partial charge in [-0.25, -0.2) is 4.98 Å². The van der Waals surface area contributed by atoms with Gasteiger partial charge in [-0.1, -0.05) is 41.9 Å². The monoisotopic (exact) mass is 462 g/mol. The van der Waals surface area contributed by atoms with E-state index >= 15 is 0 Å². The fourth-order valence-corrected chi connectivity index (χ4v) is 3.92. The number of aromatic hydroxyl groups is 1. The lowest BCUT2D eigenvalue weighted by Crippen LogP contribution is -2.27. The largest absolute Gasteiger partial charge is 0.508 e. The van der Waals surface area contributed by atoms with Crippen LogP contribution in [0.1, 0.15) is 44.7 Å². The van der Waals surface area contributed by atoms with Gasteiger partial charge in [-0.2, -0.15) is 0 Å². The molecule has 1 aromatic heterocycles. The number of hydrogen-bond donors (Lipinski definition) is 3. The molecule has 1 fully saturated rings. The first-order valence-electron chi connectivity index (χ1n) is 10.6. The third-order valence-electron chi connectivity index (χ3n) is 5.60. The van der Waals surface area contributed by atoms with Gasteiger partial charge < -0.3 is 15.3 Å². The van der Waals surface area contributed by atoms with Crippen LogP contribution in [0.3, 0.4) is 0 Å². The van der Waals surface area contributed by atoms with Gasteiger partial charge in [0.15, 0.2) is 5.78 Å². The number of amidine groups is 1. The quantitative estimate of drug-likeness (QED) is 0.283. The molecule has 0 spiro atoms. The number of Topliss-reactive ketones (excluding diaryl/α,β-unsaturated/α-hetero) is 1. The SMILES string of the molecule is N=C(c1ccc(C(=O)Cc2c(O)cccc2C(=O)Nc2ccc(Cl)cn2)cc1)N1CCCC1. The Morgan fingerprint density at radius 1 is 1.03 bits per heavy atom. The molecule has 0 atom stereocenters. The van der Waals surface area contributed by atoms with Crippen molar-refractivity contribution in [1.29, 1.82) is 5.41 Å². The molecule has 0 bridgehead atoms. The number of carbonyl (C=O) groups is 2. The van der Waals surface area contributed by atoms with Crippen LogP contribution >= 0.6 is 11.6 Å². The summed E-state index contributed by atoms with van der Waals surface area (Å²) in [6, 6.07) is 14.6. The molecule has 3 aromatic rings. The summed E-state index contributed by atoms with van der Waals surface area (Å²) < 4.78 is 0. The van der Waals surface area contributed by atoms with E-state index in [1.54, 1.807) is 48.5 Å². The highest BCUT2D eigenvalue weighted by atomic mass is 35.5. The topological polar surface area (TPSA) is 106 Å². The second-order valence-electron chi connectivity index (χ2n) is 7.84. The number of pyridine rings is 1. The first kappa shape index (κ1) is 22.5. The first-order chi connectivity index (χ1) is 15.9. The summed E-state index contributed by atoms with van der Waals surface area (Å²) in [7, 11) is 0. The van der Waals surface area contributed by atoms with Crippen molar-refractivity contribution in [2.45, 2.75) is 19.3 Å². The molecular weight excluding hydrogens is 440 g/mol. The van der Waals surface area contributed by atoms with E-state index in [9.17, 15) is 14.7 Å². The Labute approximate surface area is 196 Å². The standard InChI is InChI=1S/C25H23ClN4O3/c26-18-10-11-23(28-15-18)29-25(33)19-4-3-5-21(31)20(19)14-22(32)16-6-8-17(9-7-16)24(27)30-12-1-2-13-30/h3-11,15,27,31H,1-2,12-14H2,(H,28,29,33). The molecule has 33 heavy (non-hydrogen) atoms. The van der Waals surface area contributed by atoms with E-state index in [0.717, 1.165) is 31.5 Å². The van der Waals surface area contributed by atoms with Gasteiger partial charge in [0.25, 0.3) is 5.91 Å². The predicted octanol–water partition coefficient (Wildman–Crippen LogP) is 4.54. The van der Waals surface area contributed by atoms with Crippen LogP contribution in [0.4, 0.5) is 5.82 Å². The molecule has 1 aliphatic heterocycles. The average molecular weight is 463 g/mol. The van der Waals surface area contributed by atoms with Gasteiger partial charge in [0, 0.05) is 48.0 Å². The van der Waals surface area contributed by atoms with Gasteiger partial charge >= 0.3 is 0 Å². The molecule has 4 rings (SSSR count).